The van der Waals surface area contributed by atoms with Crippen LogP contribution in [0.15, 0.2) is 0 Å². The Labute approximate surface area is 136 Å². The molecule has 0 aromatic carbocycles. The molecule has 6 aliphatic rings. The van der Waals surface area contributed by atoms with Crippen molar-refractivity contribution >= 4 is 21.8 Å². The van der Waals surface area contributed by atoms with Crippen LogP contribution in [0.1, 0.15) is 64.2 Å². The van der Waals surface area contributed by atoms with Crippen LogP contribution in [-0.2, 0) is 4.79 Å². The van der Waals surface area contributed by atoms with Crippen molar-refractivity contribution in [3.05, 3.63) is 0 Å². The van der Waals surface area contributed by atoms with Crippen molar-refractivity contribution in [1.29, 1.82) is 0 Å². The molecule has 2 unspecified atom stereocenters. The Hall–Kier alpha value is -0.0500. The third-order valence-electron chi connectivity index (χ3n) is 7.40. The highest BCUT2D eigenvalue weighted by atomic mass is 79.9. The summed E-state index contributed by atoms with van der Waals surface area (Å²) in [4.78, 5) is 16.6. The second-order valence-corrected chi connectivity index (χ2v) is 10.2. The van der Waals surface area contributed by atoms with Gasteiger partial charge in [0.15, 0.2) is 0 Å². The maximum absolute atomic E-state index is 13.5. The first-order valence-electron chi connectivity index (χ1n) is 9.10. The highest BCUT2D eigenvalue weighted by Crippen LogP contribution is 2.61. The maximum atomic E-state index is 13.5. The molecule has 0 N–H and O–H groups in total. The van der Waals surface area contributed by atoms with Crippen LogP contribution in [-0.4, -0.2) is 27.7 Å². The Bertz CT molecular complexity index is 427. The maximum Gasteiger partial charge on any atom is 0.229 e. The molecule has 2 nitrogen and oxygen atoms in total. The average Bonchev–Trinajstić information content (AvgIpc) is 2.68. The summed E-state index contributed by atoms with van der Waals surface area (Å²) in [5.41, 5.74) is 0.0781. The van der Waals surface area contributed by atoms with E-state index in [1.54, 1.807) is 0 Å². The quantitative estimate of drug-likeness (QED) is 0.650. The van der Waals surface area contributed by atoms with E-state index in [2.05, 4.69) is 20.8 Å². The van der Waals surface area contributed by atoms with Crippen molar-refractivity contribution in [3.8, 4) is 0 Å². The highest BCUT2D eigenvalue weighted by Gasteiger charge is 2.58. The van der Waals surface area contributed by atoms with E-state index in [-0.39, 0.29) is 5.41 Å². The number of carbonyl (C=O) groups is 1. The molecule has 0 spiro atoms. The lowest BCUT2D eigenvalue weighted by Gasteiger charge is -2.57. The van der Waals surface area contributed by atoms with E-state index >= 15 is 0 Å². The van der Waals surface area contributed by atoms with Gasteiger partial charge in [-0.3, -0.25) is 4.79 Å². The fraction of sp³-hybridized carbons (Fsp3) is 0.944. The summed E-state index contributed by atoms with van der Waals surface area (Å²) in [6.45, 7) is 0. The minimum Gasteiger partial charge on any atom is -0.336 e. The lowest BCUT2D eigenvalue weighted by atomic mass is 9.49. The zero-order chi connectivity index (χ0) is 14.2. The van der Waals surface area contributed by atoms with E-state index < -0.39 is 0 Å². The number of carbonyl (C=O) groups excluding carboxylic acids is 1. The van der Waals surface area contributed by atoms with Crippen molar-refractivity contribution in [3.63, 3.8) is 0 Å². The summed E-state index contributed by atoms with van der Waals surface area (Å²) in [6.07, 6.45) is 12.9. The highest BCUT2D eigenvalue weighted by molar-refractivity contribution is 9.09. The van der Waals surface area contributed by atoms with Gasteiger partial charge in [0.05, 0.1) is 5.41 Å². The summed E-state index contributed by atoms with van der Waals surface area (Å²) in [5, 5.41) is 0. The number of amides is 1. The van der Waals surface area contributed by atoms with Crippen LogP contribution in [0.2, 0.25) is 0 Å². The fourth-order valence-electron chi connectivity index (χ4n) is 7.09. The van der Waals surface area contributed by atoms with Gasteiger partial charge in [-0.2, -0.15) is 0 Å². The molecule has 6 bridgehead atoms. The van der Waals surface area contributed by atoms with Crippen LogP contribution >= 0.6 is 15.9 Å². The first kappa shape index (κ1) is 13.4. The molecule has 4 aliphatic carbocycles. The Balaban J connectivity index is 1.44. The van der Waals surface area contributed by atoms with Gasteiger partial charge >= 0.3 is 0 Å². The van der Waals surface area contributed by atoms with Crippen LogP contribution < -0.4 is 0 Å². The van der Waals surface area contributed by atoms with E-state index in [0.29, 0.717) is 22.8 Å². The third kappa shape index (κ3) is 1.91. The summed E-state index contributed by atoms with van der Waals surface area (Å²) >= 11 is 3.81. The van der Waals surface area contributed by atoms with Crippen molar-refractivity contribution in [2.24, 2.45) is 23.2 Å². The molecule has 6 rings (SSSR count). The molecule has 6 fully saturated rings. The van der Waals surface area contributed by atoms with Crippen molar-refractivity contribution in [2.45, 2.75) is 81.1 Å². The monoisotopic (exact) mass is 351 g/mol. The van der Waals surface area contributed by atoms with Gasteiger partial charge in [0.2, 0.25) is 5.91 Å². The van der Waals surface area contributed by atoms with Gasteiger partial charge in [0, 0.05) is 16.9 Å². The molecule has 2 atom stereocenters. The SMILES string of the molecule is O=C(N1C2CCC1CC(Br)C2)C12CC3CC(CC(C3)C1)C2. The summed E-state index contributed by atoms with van der Waals surface area (Å²) in [5.74, 6) is 3.23. The predicted molar refractivity (Wildman–Crippen MR) is 86.2 cm³/mol. The van der Waals surface area contributed by atoms with E-state index in [9.17, 15) is 4.79 Å². The molecule has 0 aromatic heterocycles. The first-order chi connectivity index (χ1) is 10.1. The van der Waals surface area contributed by atoms with E-state index in [1.807, 2.05) is 0 Å². The topological polar surface area (TPSA) is 20.3 Å². The minimum atomic E-state index is 0.0781. The van der Waals surface area contributed by atoms with E-state index in [1.165, 1.54) is 64.2 Å². The smallest absolute Gasteiger partial charge is 0.229 e. The standard InChI is InChI=1S/C18H26BrNO/c19-14-6-15-1-2-16(7-14)20(15)17(21)18-8-11-3-12(9-18)5-13(4-11)10-18/h11-16H,1-10H2. The number of hydrogen-bond acceptors (Lipinski definition) is 1. The third-order valence-corrected chi connectivity index (χ3v) is 8.15. The number of alkyl halides is 1. The van der Waals surface area contributed by atoms with Crippen LogP contribution in [0.5, 0.6) is 0 Å². The Morgan fingerprint density at radius 2 is 1.33 bits per heavy atom. The Morgan fingerprint density at radius 1 is 0.857 bits per heavy atom. The lowest BCUT2D eigenvalue weighted by molar-refractivity contribution is -0.162. The van der Waals surface area contributed by atoms with Crippen molar-refractivity contribution in [2.75, 3.05) is 0 Å². The Kier molecular flexibility index (Phi) is 2.86. The second-order valence-electron chi connectivity index (χ2n) is 8.86. The molecule has 4 saturated carbocycles. The number of hydrogen-bond donors (Lipinski definition) is 0. The fourth-order valence-corrected chi connectivity index (χ4v) is 7.95. The molecule has 0 aromatic rings. The number of fused-ring (bicyclic) bond motifs is 2. The zero-order valence-electron chi connectivity index (χ0n) is 12.8. The van der Waals surface area contributed by atoms with Crippen molar-refractivity contribution in [1.82, 2.24) is 4.90 Å². The summed E-state index contributed by atoms with van der Waals surface area (Å²) in [7, 11) is 0. The summed E-state index contributed by atoms with van der Waals surface area (Å²) < 4.78 is 0. The molecule has 2 aliphatic heterocycles. The zero-order valence-corrected chi connectivity index (χ0v) is 14.4. The van der Waals surface area contributed by atoms with Gasteiger partial charge in [0.1, 0.15) is 0 Å². The van der Waals surface area contributed by atoms with E-state index in [4.69, 9.17) is 0 Å². The molecular formula is C18H26BrNO. The lowest BCUT2D eigenvalue weighted by Crippen LogP contribution is -2.58. The van der Waals surface area contributed by atoms with Gasteiger partial charge in [-0.15, -0.1) is 0 Å². The minimum absolute atomic E-state index is 0.0781. The number of piperidine rings is 1. The summed E-state index contributed by atoms with van der Waals surface area (Å²) in [6, 6.07) is 1.10. The van der Waals surface area contributed by atoms with Crippen LogP contribution in [0, 0.1) is 23.2 Å². The van der Waals surface area contributed by atoms with Gasteiger partial charge in [-0.25, -0.2) is 0 Å². The van der Waals surface area contributed by atoms with Gasteiger partial charge in [0.25, 0.3) is 0 Å². The van der Waals surface area contributed by atoms with Crippen LogP contribution in [0.3, 0.4) is 0 Å². The molecule has 1 amide bonds. The van der Waals surface area contributed by atoms with E-state index in [0.717, 1.165) is 17.8 Å². The number of rotatable bonds is 1. The van der Waals surface area contributed by atoms with Crippen LogP contribution in [0.25, 0.3) is 0 Å². The largest absolute Gasteiger partial charge is 0.336 e. The van der Waals surface area contributed by atoms with Gasteiger partial charge in [-0.05, 0) is 82.0 Å². The van der Waals surface area contributed by atoms with Gasteiger partial charge < -0.3 is 4.90 Å². The molecule has 2 saturated heterocycles. The molecule has 0 radical (unpaired) electrons. The molecule has 116 valence electrons. The molecule has 21 heavy (non-hydrogen) atoms. The number of halogens is 1. The van der Waals surface area contributed by atoms with Crippen molar-refractivity contribution < 1.29 is 4.79 Å². The Morgan fingerprint density at radius 3 is 1.81 bits per heavy atom. The average molecular weight is 352 g/mol. The molecule has 3 heteroatoms. The first-order valence-corrected chi connectivity index (χ1v) is 10.0. The molecule has 2 heterocycles. The van der Waals surface area contributed by atoms with Crippen LogP contribution in [0.4, 0.5) is 0 Å². The second kappa shape index (κ2) is 4.49. The number of nitrogens with zero attached hydrogens (tertiary/aromatic N) is 1. The normalized spacial score (nSPS) is 54.2. The van der Waals surface area contributed by atoms with Gasteiger partial charge in [-0.1, -0.05) is 15.9 Å². The molecular weight excluding hydrogens is 326 g/mol. The predicted octanol–water partition coefficient (Wildman–Crippen LogP) is 4.12.